The Morgan fingerprint density at radius 3 is 2.95 bits per heavy atom. The van der Waals surface area contributed by atoms with Gasteiger partial charge in [-0.25, -0.2) is 0 Å². The monoisotopic (exact) mass is 262 g/mol. The van der Waals surface area contributed by atoms with E-state index >= 15 is 0 Å². The molecule has 2 rings (SSSR count). The molecule has 2 N–H and O–H groups in total. The molecule has 5 heteroatoms. The zero-order valence-electron chi connectivity index (χ0n) is 11.6. The van der Waals surface area contributed by atoms with Gasteiger partial charge in [-0.3, -0.25) is 9.78 Å². The first kappa shape index (κ1) is 13.8. The van der Waals surface area contributed by atoms with Gasteiger partial charge in [0.05, 0.1) is 17.6 Å². The van der Waals surface area contributed by atoms with Gasteiger partial charge in [-0.2, -0.15) is 0 Å². The standard InChI is InChI=1S/C14H22N4O/c1-3-12(15-2)13-5-4-11(10-17-13)18-8-6-14(19)16-7-9-18/h4-5,10,12,15H,3,6-9H2,1-2H3,(H,16,19). The molecule has 1 aromatic rings. The molecule has 1 fully saturated rings. The number of amides is 1. The number of carbonyl (C=O) groups is 1. The average Bonchev–Trinajstić information content (AvgIpc) is 2.66. The molecule has 1 aliphatic heterocycles. The fraction of sp³-hybridized carbons (Fsp3) is 0.571. The second kappa shape index (κ2) is 6.52. The lowest BCUT2D eigenvalue weighted by Crippen LogP contribution is -2.28. The number of rotatable bonds is 4. The SMILES string of the molecule is CCC(NC)c1ccc(N2CCNC(=O)CC2)cn1. The predicted molar refractivity (Wildman–Crippen MR) is 76.2 cm³/mol. The Morgan fingerprint density at radius 1 is 1.47 bits per heavy atom. The Morgan fingerprint density at radius 2 is 2.32 bits per heavy atom. The summed E-state index contributed by atoms with van der Waals surface area (Å²) in [4.78, 5) is 18.1. The number of hydrogen-bond acceptors (Lipinski definition) is 4. The van der Waals surface area contributed by atoms with Crippen molar-refractivity contribution in [2.75, 3.05) is 31.6 Å². The lowest BCUT2D eigenvalue weighted by molar-refractivity contribution is -0.120. The van der Waals surface area contributed by atoms with Crippen LogP contribution < -0.4 is 15.5 Å². The Kier molecular flexibility index (Phi) is 4.74. The van der Waals surface area contributed by atoms with E-state index in [9.17, 15) is 4.79 Å². The van der Waals surface area contributed by atoms with Crippen molar-refractivity contribution in [3.63, 3.8) is 0 Å². The van der Waals surface area contributed by atoms with Gasteiger partial charge in [-0.15, -0.1) is 0 Å². The zero-order valence-corrected chi connectivity index (χ0v) is 11.6. The third-order valence-corrected chi connectivity index (χ3v) is 3.56. The molecule has 0 spiro atoms. The first-order valence-electron chi connectivity index (χ1n) is 6.89. The highest BCUT2D eigenvalue weighted by atomic mass is 16.1. The fourth-order valence-corrected chi connectivity index (χ4v) is 2.38. The summed E-state index contributed by atoms with van der Waals surface area (Å²) in [5.74, 6) is 0.133. The van der Waals surface area contributed by atoms with E-state index in [2.05, 4.69) is 39.6 Å². The summed E-state index contributed by atoms with van der Waals surface area (Å²) < 4.78 is 0. The summed E-state index contributed by atoms with van der Waals surface area (Å²) in [6.45, 7) is 4.45. The van der Waals surface area contributed by atoms with Crippen LogP contribution in [0.1, 0.15) is 31.5 Å². The minimum Gasteiger partial charge on any atom is -0.368 e. The average molecular weight is 262 g/mol. The summed E-state index contributed by atoms with van der Waals surface area (Å²) in [6, 6.07) is 4.47. The third-order valence-electron chi connectivity index (χ3n) is 3.56. The van der Waals surface area contributed by atoms with Gasteiger partial charge in [0.1, 0.15) is 0 Å². The van der Waals surface area contributed by atoms with E-state index < -0.39 is 0 Å². The highest BCUT2D eigenvalue weighted by Crippen LogP contribution is 2.18. The van der Waals surface area contributed by atoms with E-state index in [4.69, 9.17) is 0 Å². The van der Waals surface area contributed by atoms with E-state index in [1.165, 1.54) is 0 Å². The van der Waals surface area contributed by atoms with E-state index in [1.54, 1.807) is 0 Å². The van der Waals surface area contributed by atoms with Crippen molar-refractivity contribution in [1.82, 2.24) is 15.6 Å². The molecule has 2 heterocycles. The molecule has 104 valence electrons. The number of carbonyl (C=O) groups excluding carboxylic acids is 1. The number of anilines is 1. The highest BCUT2D eigenvalue weighted by Gasteiger charge is 2.15. The van der Waals surface area contributed by atoms with Crippen LogP contribution >= 0.6 is 0 Å². The highest BCUT2D eigenvalue weighted by molar-refractivity contribution is 5.77. The summed E-state index contributed by atoms with van der Waals surface area (Å²) >= 11 is 0. The summed E-state index contributed by atoms with van der Waals surface area (Å²) in [7, 11) is 1.95. The minimum atomic E-state index is 0.133. The molecule has 1 aromatic heterocycles. The predicted octanol–water partition coefficient (Wildman–Crippen LogP) is 1.08. The molecule has 19 heavy (non-hydrogen) atoms. The van der Waals surface area contributed by atoms with Crippen LogP contribution in [0.25, 0.3) is 0 Å². The third kappa shape index (κ3) is 3.44. The minimum absolute atomic E-state index is 0.133. The van der Waals surface area contributed by atoms with E-state index in [0.717, 1.165) is 30.9 Å². The molecule has 1 aliphatic rings. The lowest BCUT2D eigenvalue weighted by Gasteiger charge is -2.22. The first-order valence-corrected chi connectivity index (χ1v) is 6.89. The van der Waals surface area contributed by atoms with E-state index in [1.807, 2.05) is 13.2 Å². The van der Waals surface area contributed by atoms with Crippen LogP contribution in [0, 0.1) is 0 Å². The molecule has 1 saturated heterocycles. The van der Waals surface area contributed by atoms with Crippen molar-refractivity contribution in [2.45, 2.75) is 25.8 Å². The maximum Gasteiger partial charge on any atom is 0.221 e. The second-order valence-corrected chi connectivity index (χ2v) is 4.78. The lowest BCUT2D eigenvalue weighted by atomic mass is 10.1. The summed E-state index contributed by atoms with van der Waals surface area (Å²) in [6.07, 6.45) is 3.48. The maximum atomic E-state index is 11.3. The maximum absolute atomic E-state index is 11.3. The second-order valence-electron chi connectivity index (χ2n) is 4.78. The van der Waals surface area contributed by atoms with Crippen molar-refractivity contribution in [2.24, 2.45) is 0 Å². The molecule has 0 aliphatic carbocycles. The van der Waals surface area contributed by atoms with Crippen LogP contribution in [0.2, 0.25) is 0 Å². The van der Waals surface area contributed by atoms with Gasteiger partial charge >= 0.3 is 0 Å². The summed E-state index contributed by atoms with van der Waals surface area (Å²) in [5, 5.41) is 6.13. The zero-order chi connectivity index (χ0) is 13.7. The van der Waals surface area contributed by atoms with Crippen molar-refractivity contribution in [1.29, 1.82) is 0 Å². The molecule has 0 aromatic carbocycles. The van der Waals surface area contributed by atoms with E-state index in [0.29, 0.717) is 19.0 Å². The van der Waals surface area contributed by atoms with Crippen LogP contribution in [0.4, 0.5) is 5.69 Å². The molecule has 0 radical (unpaired) electrons. The van der Waals surface area contributed by atoms with Crippen molar-refractivity contribution < 1.29 is 4.79 Å². The Hall–Kier alpha value is -1.62. The van der Waals surface area contributed by atoms with Gasteiger partial charge in [-0.1, -0.05) is 6.92 Å². The van der Waals surface area contributed by atoms with Crippen molar-refractivity contribution in [3.8, 4) is 0 Å². The molecular formula is C14H22N4O. The van der Waals surface area contributed by atoms with Crippen molar-refractivity contribution in [3.05, 3.63) is 24.0 Å². The molecule has 0 saturated carbocycles. The topological polar surface area (TPSA) is 57.3 Å². The van der Waals surface area contributed by atoms with Crippen LogP contribution in [-0.2, 0) is 4.79 Å². The van der Waals surface area contributed by atoms with Gasteiger partial charge in [0.25, 0.3) is 0 Å². The first-order chi connectivity index (χ1) is 9.24. The number of pyridine rings is 1. The molecule has 1 atom stereocenters. The van der Waals surface area contributed by atoms with Gasteiger partial charge in [0, 0.05) is 32.1 Å². The molecule has 1 amide bonds. The molecule has 5 nitrogen and oxygen atoms in total. The summed E-state index contributed by atoms with van der Waals surface area (Å²) in [5.41, 5.74) is 2.16. The number of nitrogens with one attached hydrogen (secondary N) is 2. The van der Waals surface area contributed by atoms with Crippen molar-refractivity contribution >= 4 is 11.6 Å². The number of nitrogens with zero attached hydrogens (tertiary/aromatic N) is 2. The Bertz CT molecular complexity index is 414. The number of aromatic nitrogens is 1. The van der Waals surface area contributed by atoms with Gasteiger partial charge in [0.2, 0.25) is 5.91 Å². The van der Waals surface area contributed by atoms with Crippen LogP contribution in [0.5, 0.6) is 0 Å². The molecule has 1 unspecified atom stereocenters. The van der Waals surface area contributed by atoms with Gasteiger partial charge < -0.3 is 15.5 Å². The van der Waals surface area contributed by atoms with Crippen LogP contribution in [0.3, 0.4) is 0 Å². The fourth-order valence-electron chi connectivity index (χ4n) is 2.38. The normalized spacial score (nSPS) is 17.8. The molecular weight excluding hydrogens is 240 g/mol. The van der Waals surface area contributed by atoms with Gasteiger partial charge in [-0.05, 0) is 25.6 Å². The number of hydrogen-bond donors (Lipinski definition) is 2. The molecule has 0 bridgehead atoms. The van der Waals surface area contributed by atoms with E-state index in [-0.39, 0.29) is 5.91 Å². The van der Waals surface area contributed by atoms with Crippen LogP contribution in [0.15, 0.2) is 18.3 Å². The largest absolute Gasteiger partial charge is 0.368 e. The van der Waals surface area contributed by atoms with Crippen LogP contribution in [-0.4, -0.2) is 37.6 Å². The Balaban J connectivity index is 2.07. The quantitative estimate of drug-likeness (QED) is 0.852. The smallest absolute Gasteiger partial charge is 0.221 e. The Labute approximate surface area is 114 Å². The van der Waals surface area contributed by atoms with Gasteiger partial charge in [0.15, 0.2) is 0 Å².